The first kappa shape index (κ1) is 18.3. The zero-order valence-electron chi connectivity index (χ0n) is 15.9. The number of aromatic nitrogens is 4. The van der Waals surface area contributed by atoms with E-state index < -0.39 is 0 Å². The van der Waals surface area contributed by atoms with Gasteiger partial charge < -0.3 is 4.74 Å². The van der Waals surface area contributed by atoms with Crippen molar-refractivity contribution in [3.05, 3.63) is 71.6 Å². The van der Waals surface area contributed by atoms with E-state index in [-0.39, 0.29) is 5.41 Å². The average Bonchev–Trinajstić information content (AvgIpc) is 3.06. The molecule has 0 bridgehead atoms. The van der Waals surface area contributed by atoms with Gasteiger partial charge in [0, 0.05) is 30.8 Å². The van der Waals surface area contributed by atoms with Crippen LogP contribution in [-0.2, 0) is 23.0 Å². The van der Waals surface area contributed by atoms with Crippen LogP contribution in [0.4, 0.5) is 0 Å². The highest BCUT2D eigenvalue weighted by Crippen LogP contribution is 2.25. The topological polar surface area (TPSA) is 52.8 Å². The summed E-state index contributed by atoms with van der Waals surface area (Å²) in [4.78, 5) is 9.16. The summed E-state index contributed by atoms with van der Waals surface area (Å²) < 4.78 is 7.36. The van der Waals surface area contributed by atoms with Crippen LogP contribution in [0.2, 0.25) is 0 Å². The van der Waals surface area contributed by atoms with Crippen LogP contribution >= 0.6 is 0 Å². The third-order valence-corrected chi connectivity index (χ3v) is 4.37. The van der Waals surface area contributed by atoms with Crippen molar-refractivity contribution in [2.75, 3.05) is 13.7 Å². The monoisotopic (exact) mass is 350 g/mol. The molecule has 2 heterocycles. The van der Waals surface area contributed by atoms with Crippen molar-refractivity contribution in [1.29, 1.82) is 0 Å². The molecule has 0 amide bonds. The molecule has 0 atom stereocenters. The fraction of sp³-hybridized carbons (Fsp3) is 0.381. The summed E-state index contributed by atoms with van der Waals surface area (Å²) in [6.07, 6.45) is 3.53. The molecule has 0 aliphatic rings. The third kappa shape index (κ3) is 4.17. The first-order chi connectivity index (χ1) is 12.5. The molecule has 0 fully saturated rings. The predicted octanol–water partition coefficient (Wildman–Crippen LogP) is 3.68. The highest BCUT2D eigenvalue weighted by Gasteiger charge is 2.28. The van der Waals surface area contributed by atoms with E-state index in [1.54, 1.807) is 7.11 Å². The van der Waals surface area contributed by atoms with Crippen LogP contribution in [0.3, 0.4) is 0 Å². The maximum absolute atomic E-state index is 5.42. The Bertz CT molecular complexity index is 855. The number of nitrogens with zero attached hydrogens (tertiary/aromatic N) is 4. The molecule has 1 aromatic carbocycles. The largest absolute Gasteiger partial charge is 0.384 e. The molecule has 0 N–H and O–H groups in total. The molecule has 2 aromatic heterocycles. The fourth-order valence-corrected chi connectivity index (χ4v) is 3.07. The Morgan fingerprint density at radius 3 is 2.54 bits per heavy atom. The van der Waals surface area contributed by atoms with Gasteiger partial charge in [-0.25, -0.2) is 9.67 Å². The fourth-order valence-electron chi connectivity index (χ4n) is 3.07. The van der Waals surface area contributed by atoms with Gasteiger partial charge in [-0.3, -0.25) is 4.98 Å². The number of ether oxygens (including phenoxy) is 1. The van der Waals surface area contributed by atoms with Crippen molar-refractivity contribution in [2.45, 2.75) is 39.0 Å². The molecule has 0 saturated heterocycles. The van der Waals surface area contributed by atoms with Gasteiger partial charge in [0.05, 0.1) is 12.3 Å². The van der Waals surface area contributed by atoms with Gasteiger partial charge in [-0.1, -0.05) is 44.2 Å². The van der Waals surface area contributed by atoms with E-state index in [1.807, 2.05) is 36.0 Å². The Kier molecular flexibility index (Phi) is 5.47. The molecule has 0 spiro atoms. The molecular weight excluding hydrogens is 324 g/mol. The smallest absolute Gasteiger partial charge is 0.151 e. The van der Waals surface area contributed by atoms with Gasteiger partial charge in [-0.15, -0.1) is 0 Å². The van der Waals surface area contributed by atoms with E-state index in [4.69, 9.17) is 14.8 Å². The molecule has 0 unspecified atom stereocenters. The van der Waals surface area contributed by atoms with Crippen molar-refractivity contribution in [2.24, 2.45) is 0 Å². The summed E-state index contributed by atoms with van der Waals surface area (Å²) in [7, 11) is 1.72. The maximum Gasteiger partial charge on any atom is 0.151 e. The van der Waals surface area contributed by atoms with Crippen LogP contribution in [-0.4, -0.2) is 33.5 Å². The van der Waals surface area contributed by atoms with E-state index >= 15 is 0 Å². The summed E-state index contributed by atoms with van der Waals surface area (Å²) in [5.74, 6) is 1.76. The lowest BCUT2D eigenvalue weighted by Crippen LogP contribution is -2.28. The van der Waals surface area contributed by atoms with Gasteiger partial charge in [0.15, 0.2) is 5.82 Å². The highest BCUT2D eigenvalue weighted by molar-refractivity contribution is 5.33. The lowest BCUT2D eigenvalue weighted by molar-refractivity contribution is 0.141. The number of benzene rings is 1. The minimum atomic E-state index is -0.246. The molecule has 0 aliphatic carbocycles. The second-order valence-corrected chi connectivity index (χ2v) is 7.22. The van der Waals surface area contributed by atoms with Crippen LogP contribution in [0.1, 0.15) is 36.8 Å². The summed E-state index contributed by atoms with van der Waals surface area (Å²) >= 11 is 0. The lowest BCUT2D eigenvalue weighted by Gasteiger charge is -2.23. The molecular formula is C21H26N4O. The first-order valence-electron chi connectivity index (χ1n) is 8.92. The number of methoxy groups -OCH3 is 1. The van der Waals surface area contributed by atoms with E-state index in [9.17, 15) is 0 Å². The normalized spacial score (nSPS) is 11.7. The SMILES string of the molecule is COCC(C)(C)c1nc(CCc2ccccc2)nn1-c1ccnc(C)c1. The highest BCUT2D eigenvalue weighted by atomic mass is 16.5. The second kappa shape index (κ2) is 7.79. The Morgan fingerprint density at radius 1 is 1.08 bits per heavy atom. The Labute approximate surface area is 155 Å². The van der Waals surface area contributed by atoms with Crippen molar-refractivity contribution < 1.29 is 4.74 Å². The zero-order chi connectivity index (χ0) is 18.6. The second-order valence-electron chi connectivity index (χ2n) is 7.22. The van der Waals surface area contributed by atoms with Crippen LogP contribution in [0.15, 0.2) is 48.7 Å². The number of aryl methyl sites for hydroxylation is 3. The van der Waals surface area contributed by atoms with Crippen molar-refractivity contribution in [1.82, 2.24) is 19.7 Å². The van der Waals surface area contributed by atoms with Crippen LogP contribution in [0.25, 0.3) is 5.69 Å². The van der Waals surface area contributed by atoms with Crippen LogP contribution in [0.5, 0.6) is 0 Å². The lowest BCUT2D eigenvalue weighted by atomic mass is 9.93. The van der Waals surface area contributed by atoms with Crippen LogP contribution in [0, 0.1) is 6.92 Å². The molecule has 136 valence electrons. The van der Waals surface area contributed by atoms with E-state index in [0.717, 1.165) is 35.9 Å². The van der Waals surface area contributed by atoms with Gasteiger partial charge in [0.1, 0.15) is 5.82 Å². The molecule has 26 heavy (non-hydrogen) atoms. The Hall–Kier alpha value is -2.53. The molecule has 3 rings (SSSR count). The van der Waals surface area contributed by atoms with E-state index in [2.05, 4.69) is 43.1 Å². The van der Waals surface area contributed by atoms with Crippen molar-refractivity contribution in [3.63, 3.8) is 0 Å². The predicted molar refractivity (Wildman–Crippen MR) is 103 cm³/mol. The molecule has 0 aliphatic heterocycles. The average molecular weight is 350 g/mol. The minimum Gasteiger partial charge on any atom is -0.384 e. The molecule has 0 radical (unpaired) electrons. The number of pyridine rings is 1. The quantitative estimate of drug-likeness (QED) is 0.652. The molecule has 5 heteroatoms. The van der Waals surface area contributed by atoms with E-state index in [0.29, 0.717) is 6.61 Å². The maximum atomic E-state index is 5.42. The summed E-state index contributed by atoms with van der Waals surface area (Å²) in [5, 5.41) is 4.81. The van der Waals surface area contributed by atoms with Gasteiger partial charge in [-0.05, 0) is 31.0 Å². The zero-order valence-corrected chi connectivity index (χ0v) is 15.9. The van der Waals surface area contributed by atoms with Crippen molar-refractivity contribution >= 4 is 0 Å². The Balaban J connectivity index is 1.94. The molecule has 5 nitrogen and oxygen atoms in total. The van der Waals surface area contributed by atoms with E-state index in [1.165, 1.54) is 5.56 Å². The minimum absolute atomic E-state index is 0.246. The number of hydrogen-bond donors (Lipinski definition) is 0. The van der Waals surface area contributed by atoms with Gasteiger partial charge in [-0.2, -0.15) is 5.10 Å². The Morgan fingerprint density at radius 2 is 1.85 bits per heavy atom. The summed E-state index contributed by atoms with van der Waals surface area (Å²) in [6.45, 7) is 6.82. The van der Waals surface area contributed by atoms with Gasteiger partial charge in [0.25, 0.3) is 0 Å². The molecule has 3 aromatic rings. The number of rotatable bonds is 7. The third-order valence-electron chi connectivity index (χ3n) is 4.37. The van der Waals surface area contributed by atoms with Gasteiger partial charge >= 0.3 is 0 Å². The number of hydrogen-bond acceptors (Lipinski definition) is 4. The van der Waals surface area contributed by atoms with Crippen molar-refractivity contribution in [3.8, 4) is 5.69 Å². The molecule has 0 saturated carbocycles. The standard InChI is InChI=1S/C21H26N4O/c1-16-14-18(12-13-22-16)25-20(21(2,3)15-26-4)23-19(24-25)11-10-17-8-6-5-7-9-17/h5-9,12-14H,10-11,15H2,1-4H3. The van der Waals surface area contributed by atoms with Gasteiger partial charge in [0.2, 0.25) is 0 Å². The summed E-state index contributed by atoms with van der Waals surface area (Å²) in [5.41, 5.74) is 2.99. The summed E-state index contributed by atoms with van der Waals surface area (Å²) in [6, 6.07) is 14.4. The van der Waals surface area contributed by atoms with Crippen LogP contribution < -0.4 is 0 Å². The first-order valence-corrected chi connectivity index (χ1v) is 8.92.